The highest BCUT2D eigenvalue weighted by molar-refractivity contribution is 5.99. The van der Waals surface area contributed by atoms with Gasteiger partial charge in [0.05, 0.1) is 17.5 Å². The van der Waals surface area contributed by atoms with Crippen LogP contribution in [0.2, 0.25) is 0 Å². The van der Waals surface area contributed by atoms with Gasteiger partial charge in [0.2, 0.25) is 0 Å². The Morgan fingerprint density at radius 3 is 2.26 bits per heavy atom. The van der Waals surface area contributed by atoms with Gasteiger partial charge >= 0.3 is 0 Å². The number of carbonyl (C=O) groups is 1. The maximum atomic E-state index is 13.2. The summed E-state index contributed by atoms with van der Waals surface area (Å²) in [5, 5.41) is 7.12. The summed E-state index contributed by atoms with van der Waals surface area (Å²) >= 11 is 0. The predicted octanol–water partition coefficient (Wildman–Crippen LogP) is 4.52. The zero-order valence-electron chi connectivity index (χ0n) is 16.1. The summed E-state index contributed by atoms with van der Waals surface area (Å²) in [6, 6.07) is 20.4. The van der Waals surface area contributed by atoms with Gasteiger partial charge in [-0.2, -0.15) is 5.10 Å². The second-order valence-corrected chi connectivity index (χ2v) is 8.19. The summed E-state index contributed by atoms with van der Waals surface area (Å²) in [4.78, 5) is 15.1. The first-order valence-electron chi connectivity index (χ1n) is 9.34. The highest BCUT2D eigenvalue weighted by atomic mass is 16.2. The average molecular weight is 359 g/mol. The second kappa shape index (κ2) is 6.38. The predicted molar refractivity (Wildman–Crippen MR) is 108 cm³/mol. The zero-order valence-corrected chi connectivity index (χ0v) is 16.1. The number of aromatic amines is 1. The molecular formula is C23H25N3O. The fourth-order valence-electron chi connectivity index (χ4n) is 4.28. The Morgan fingerprint density at radius 1 is 1.07 bits per heavy atom. The van der Waals surface area contributed by atoms with Gasteiger partial charge in [-0.25, -0.2) is 0 Å². The smallest absolute Gasteiger partial charge is 0.257 e. The van der Waals surface area contributed by atoms with Gasteiger partial charge < -0.3 is 4.90 Å². The lowest BCUT2D eigenvalue weighted by molar-refractivity contribution is 0.0776. The SMILES string of the molecule is CN(CC1(c2ccccc2)CC1(C)C)C(=O)c1cn[nH]c1-c1ccccc1. The summed E-state index contributed by atoms with van der Waals surface area (Å²) < 4.78 is 0. The summed E-state index contributed by atoms with van der Waals surface area (Å²) in [5.74, 6) is 0.000564. The van der Waals surface area contributed by atoms with E-state index in [9.17, 15) is 4.79 Å². The van der Waals surface area contributed by atoms with Crippen LogP contribution >= 0.6 is 0 Å². The molecule has 1 unspecified atom stereocenters. The van der Waals surface area contributed by atoms with Crippen LogP contribution in [-0.2, 0) is 5.41 Å². The molecule has 1 aromatic heterocycles. The molecule has 1 amide bonds. The highest BCUT2D eigenvalue weighted by Gasteiger charge is 2.62. The molecule has 1 aliphatic carbocycles. The lowest BCUT2D eigenvalue weighted by Crippen LogP contribution is -2.36. The molecule has 0 bridgehead atoms. The van der Waals surface area contributed by atoms with Crippen LogP contribution < -0.4 is 0 Å². The van der Waals surface area contributed by atoms with E-state index in [0.717, 1.165) is 17.7 Å². The van der Waals surface area contributed by atoms with Gasteiger partial charge in [0.25, 0.3) is 5.91 Å². The number of hydrogen-bond donors (Lipinski definition) is 1. The van der Waals surface area contributed by atoms with Gasteiger partial charge in [-0.05, 0) is 17.4 Å². The Hall–Kier alpha value is -2.88. The normalized spacial score (nSPS) is 20.3. The van der Waals surface area contributed by atoms with Crippen LogP contribution in [0.25, 0.3) is 11.3 Å². The molecule has 27 heavy (non-hydrogen) atoms. The molecule has 2 aromatic carbocycles. The number of amides is 1. The molecule has 138 valence electrons. The van der Waals surface area contributed by atoms with Crippen molar-refractivity contribution in [3.8, 4) is 11.3 Å². The minimum absolute atomic E-state index is 0.000564. The van der Waals surface area contributed by atoms with E-state index in [1.165, 1.54) is 5.56 Å². The van der Waals surface area contributed by atoms with E-state index in [1.54, 1.807) is 6.20 Å². The summed E-state index contributed by atoms with van der Waals surface area (Å²) in [6.07, 6.45) is 2.72. The first kappa shape index (κ1) is 17.5. The molecule has 1 aliphatic rings. The number of hydrogen-bond acceptors (Lipinski definition) is 2. The molecule has 0 aliphatic heterocycles. The first-order valence-corrected chi connectivity index (χ1v) is 9.34. The minimum Gasteiger partial charge on any atom is -0.341 e. The van der Waals surface area contributed by atoms with Crippen LogP contribution in [0.4, 0.5) is 0 Å². The van der Waals surface area contributed by atoms with Gasteiger partial charge in [0.1, 0.15) is 0 Å². The Kier molecular flexibility index (Phi) is 4.14. The molecule has 1 heterocycles. The summed E-state index contributed by atoms with van der Waals surface area (Å²) in [6.45, 7) is 5.26. The monoisotopic (exact) mass is 359 g/mol. The van der Waals surface area contributed by atoms with Crippen molar-refractivity contribution < 1.29 is 4.79 Å². The molecule has 1 atom stereocenters. The lowest BCUT2D eigenvalue weighted by atomic mass is 9.87. The van der Waals surface area contributed by atoms with Crippen LogP contribution in [-0.4, -0.2) is 34.6 Å². The van der Waals surface area contributed by atoms with Crippen molar-refractivity contribution in [3.63, 3.8) is 0 Å². The Labute approximate surface area is 160 Å². The number of likely N-dealkylation sites (N-methyl/N-ethyl adjacent to an activating group) is 1. The van der Waals surface area contributed by atoms with Crippen LogP contribution in [0.3, 0.4) is 0 Å². The lowest BCUT2D eigenvalue weighted by Gasteiger charge is -2.27. The van der Waals surface area contributed by atoms with Crippen molar-refractivity contribution >= 4 is 5.91 Å². The van der Waals surface area contributed by atoms with Gasteiger partial charge in [0, 0.05) is 24.6 Å². The van der Waals surface area contributed by atoms with E-state index >= 15 is 0 Å². The molecule has 0 spiro atoms. The Balaban J connectivity index is 1.60. The number of aromatic nitrogens is 2. The number of nitrogens with one attached hydrogen (secondary N) is 1. The first-order chi connectivity index (χ1) is 12.9. The molecule has 3 aromatic rings. The summed E-state index contributed by atoms with van der Waals surface area (Å²) in [7, 11) is 1.89. The van der Waals surface area contributed by atoms with Crippen molar-refractivity contribution in [2.75, 3.05) is 13.6 Å². The third kappa shape index (κ3) is 2.95. The van der Waals surface area contributed by atoms with Crippen LogP contribution in [0.1, 0.15) is 36.2 Å². The maximum absolute atomic E-state index is 13.2. The van der Waals surface area contributed by atoms with E-state index in [2.05, 4.69) is 48.3 Å². The largest absolute Gasteiger partial charge is 0.341 e. The highest BCUT2D eigenvalue weighted by Crippen LogP contribution is 2.64. The Bertz CT molecular complexity index is 946. The molecule has 4 nitrogen and oxygen atoms in total. The molecule has 1 saturated carbocycles. The van der Waals surface area contributed by atoms with E-state index in [1.807, 2.05) is 48.3 Å². The van der Waals surface area contributed by atoms with E-state index in [-0.39, 0.29) is 16.7 Å². The third-order valence-electron chi connectivity index (χ3n) is 6.03. The zero-order chi connectivity index (χ0) is 19.1. The molecular weight excluding hydrogens is 334 g/mol. The van der Waals surface area contributed by atoms with Crippen LogP contribution in [0.5, 0.6) is 0 Å². The fraction of sp³-hybridized carbons (Fsp3) is 0.304. The van der Waals surface area contributed by atoms with E-state index in [4.69, 9.17) is 0 Å². The molecule has 1 fully saturated rings. The number of H-pyrrole nitrogens is 1. The molecule has 4 heteroatoms. The maximum Gasteiger partial charge on any atom is 0.257 e. The number of carbonyl (C=O) groups excluding carboxylic acids is 1. The molecule has 1 N–H and O–H groups in total. The fourth-order valence-corrected chi connectivity index (χ4v) is 4.28. The van der Waals surface area contributed by atoms with Crippen LogP contribution in [0.15, 0.2) is 66.9 Å². The van der Waals surface area contributed by atoms with Crippen molar-refractivity contribution in [2.45, 2.75) is 25.7 Å². The quantitative estimate of drug-likeness (QED) is 0.728. The molecule has 0 saturated heterocycles. The minimum atomic E-state index is 0.000564. The molecule has 0 radical (unpaired) electrons. The summed E-state index contributed by atoms with van der Waals surface area (Å²) in [5.41, 5.74) is 3.86. The number of nitrogens with zero attached hydrogens (tertiary/aromatic N) is 2. The molecule has 4 rings (SSSR count). The van der Waals surface area contributed by atoms with Crippen molar-refractivity contribution in [2.24, 2.45) is 5.41 Å². The number of rotatable bonds is 5. The topological polar surface area (TPSA) is 49.0 Å². The standard InChI is InChI=1S/C23H25N3O/c1-22(2)15-23(22,18-12-8-5-9-13-18)16-26(3)21(27)19-14-24-25-20(19)17-10-6-4-7-11-17/h4-14H,15-16H2,1-3H3,(H,24,25). The third-order valence-corrected chi connectivity index (χ3v) is 6.03. The van der Waals surface area contributed by atoms with Crippen molar-refractivity contribution in [3.05, 3.63) is 78.0 Å². The van der Waals surface area contributed by atoms with Gasteiger partial charge in [-0.15, -0.1) is 0 Å². The van der Waals surface area contributed by atoms with E-state index < -0.39 is 0 Å². The van der Waals surface area contributed by atoms with Gasteiger partial charge in [-0.1, -0.05) is 74.5 Å². The van der Waals surface area contributed by atoms with Crippen LogP contribution in [0, 0.1) is 5.41 Å². The van der Waals surface area contributed by atoms with Gasteiger partial charge in [0.15, 0.2) is 0 Å². The van der Waals surface area contributed by atoms with Crippen molar-refractivity contribution in [1.29, 1.82) is 0 Å². The Morgan fingerprint density at radius 2 is 1.67 bits per heavy atom. The van der Waals surface area contributed by atoms with E-state index in [0.29, 0.717) is 12.1 Å². The van der Waals surface area contributed by atoms with Gasteiger partial charge in [-0.3, -0.25) is 9.89 Å². The average Bonchev–Trinajstić information content (AvgIpc) is 3.03. The number of benzene rings is 2. The van der Waals surface area contributed by atoms with Crippen molar-refractivity contribution in [1.82, 2.24) is 15.1 Å². The second-order valence-electron chi connectivity index (χ2n) is 8.19.